The molecule has 5 rings (SSSR count). The minimum absolute atomic E-state index is 0.123. The number of amides is 1. The van der Waals surface area contributed by atoms with Crippen LogP contribution in [0.3, 0.4) is 0 Å². The maximum Gasteiger partial charge on any atom is 0.263 e. The SMILES string of the molecule is O=C(Cn1cnc2scc(-c3ccccc3)c2c1=O)c1ccc(NC(=O)c2ccccc2)cc1. The van der Waals surface area contributed by atoms with Crippen molar-refractivity contribution in [1.29, 1.82) is 0 Å². The minimum Gasteiger partial charge on any atom is -0.322 e. The lowest BCUT2D eigenvalue weighted by atomic mass is 10.1. The Hall–Kier alpha value is -4.36. The minimum atomic E-state index is -0.245. The number of nitrogens with zero attached hydrogens (tertiary/aromatic N) is 2. The summed E-state index contributed by atoms with van der Waals surface area (Å²) < 4.78 is 1.34. The largest absolute Gasteiger partial charge is 0.322 e. The van der Waals surface area contributed by atoms with Crippen LogP contribution in [0.1, 0.15) is 20.7 Å². The Labute approximate surface area is 199 Å². The topological polar surface area (TPSA) is 81.1 Å². The van der Waals surface area contributed by atoms with E-state index in [-0.39, 0.29) is 23.8 Å². The Morgan fingerprint density at radius 2 is 1.53 bits per heavy atom. The van der Waals surface area contributed by atoms with Gasteiger partial charge in [-0.05, 0) is 42.0 Å². The summed E-state index contributed by atoms with van der Waals surface area (Å²) in [5.41, 5.74) is 3.08. The van der Waals surface area contributed by atoms with Gasteiger partial charge in [0.2, 0.25) is 0 Å². The Morgan fingerprint density at radius 1 is 0.853 bits per heavy atom. The quantitative estimate of drug-likeness (QED) is 0.347. The van der Waals surface area contributed by atoms with Crippen molar-refractivity contribution in [1.82, 2.24) is 9.55 Å². The van der Waals surface area contributed by atoms with Crippen LogP contribution in [0.25, 0.3) is 21.3 Å². The van der Waals surface area contributed by atoms with Gasteiger partial charge in [-0.15, -0.1) is 11.3 Å². The highest BCUT2D eigenvalue weighted by Crippen LogP contribution is 2.30. The number of carbonyl (C=O) groups excluding carboxylic acids is 2. The number of hydrogen-bond acceptors (Lipinski definition) is 5. The number of anilines is 1. The molecule has 0 bridgehead atoms. The molecule has 166 valence electrons. The van der Waals surface area contributed by atoms with Crippen molar-refractivity contribution in [2.45, 2.75) is 6.54 Å². The standard InChI is InChI=1S/C27H19N3O3S/c31-23(19-11-13-21(14-12-19)29-25(32)20-9-5-2-6-10-20)15-30-17-28-26-24(27(30)33)22(16-34-26)18-7-3-1-4-8-18/h1-14,16-17H,15H2,(H,29,32). The number of carbonyl (C=O) groups is 2. The van der Waals surface area contributed by atoms with Gasteiger partial charge in [-0.1, -0.05) is 48.5 Å². The summed E-state index contributed by atoms with van der Waals surface area (Å²) in [5.74, 6) is -0.448. The molecule has 0 saturated carbocycles. The molecule has 0 aliphatic heterocycles. The maximum atomic E-state index is 13.2. The maximum absolute atomic E-state index is 13.2. The molecule has 5 aromatic rings. The van der Waals surface area contributed by atoms with Crippen molar-refractivity contribution in [3.8, 4) is 11.1 Å². The van der Waals surface area contributed by atoms with Gasteiger partial charge in [-0.2, -0.15) is 0 Å². The molecule has 0 unspecified atom stereocenters. The lowest BCUT2D eigenvalue weighted by molar-refractivity contribution is 0.0970. The number of nitrogens with one attached hydrogen (secondary N) is 1. The van der Waals surface area contributed by atoms with Crippen LogP contribution in [0.4, 0.5) is 5.69 Å². The molecule has 2 aromatic heterocycles. The van der Waals surface area contributed by atoms with Crippen LogP contribution in [0, 0.1) is 0 Å². The van der Waals surface area contributed by atoms with E-state index in [9.17, 15) is 14.4 Å². The summed E-state index contributed by atoms with van der Waals surface area (Å²) in [6.07, 6.45) is 1.42. The smallest absolute Gasteiger partial charge is 0.263 e. The van der Waals surface area contributed by atoms with Gasteiger partial charge in [0.1, 0.15) is 4.83 Å². The van der Waals surface area contributed by atoms with Crippen LogP contribution in [-0.4, -0.2) is 21.2 Å². The predicted octanol–water partition coefficient (Wildman–Crippen LogP) is 5.26. The van der Waals surface area contributed by atoms with E-state index < -0.39 is 0 Å². The molecule has 0 spiro atoms. The van der Waals surface area contributed by atoms with E-state index in [1.807, 2.05) is 41.8 Å². The second-order valence-electron chi connectivity index (χ2n) is 7.69. The average Bonchev–Trinajstić information content (AvgIpc) is 3.32. The van der Waals surface area contributed by atoms with Crippen LogP contribution in [0.5, 0.6) is 0 Å². The third-order valence-corrected chi connectivity index (χ3v) is 6.35. The molecule has 0 atom stereocenters. The summed E-state index contributed by atoms with van der Waals surface area (Å²) in [4.78, 5) is 43.4. The Kier molecular flexibility index (Phi) is 5.84. The van der Waals surface area contributed by atoms with Crippen molar-refractivity contribution in [3.05, 3.63) is 118 Å². The first-order valence-electron chi connectivity index (χ1n) is 10.6. The summed E-state index contributed by atoms with van der Waals surface area (Å²) in [6.45, 7) is -0.123. The third kappa shape index (κ3) is 4.29. The fourth-order valence-corrected chi connectivity index (χ4v) is 4.60. The lowest BCUT2D eigenvalue weighted by Crippen LogP contribution is -2.24. The van der Waals surface area contributed by atoms with Crippen molar-refractivity contribution in [2.24, 2.45) is 0 Å². The molecular formula is C27H19N3O3S. The molecule has 1 amide bonds. The second-order valence-corrected chi connectivity index (χ2v) is 8.55. The molecular weight excluding hydrogens is 446 g/mol. The molecule has 0 aliphatic carbocycles. The number of hydrogen-bond donors (Lipinski definition) is 1. The first-order valence-corrected chi connectivity index (χ1v) is 11.5. The van der Waals surface area contributed by atoms with E-state index in [0.717, 1.165) is 11.1 Å². The van der Waals surface area contributed by atoms with Crippen LogP contribution in [0.15, 0.2) is 101 Å². The first-order chi connectivity index (χ1) is 16.6. The highest BCUT2D eigenvalue weighted by Gasteiger charge is 2.15. The number of thiophene rings is 1. The fraction of sp³-hybridized carbons (Fsp3) is 0.0370. The normalized spacial score (nSPS) is 10.8. The highest BCUT2D eigenvalue weighted by atomic mass is 32.1. The summed E-state index contributed by atoms with van der Waals surface area (Å²) in [7, 11) is 0. The zero-order valence-electron chi connectivity index (χ0n) is 18.0. The van der Waals surface area contributed by atoms with E-state index in [1.54, 1.807) is 48.5 Å². The number of aromatic nitrogens is 2. The second kappa shape index (κ2) is 9.25. The van der Waals surface area contributed by atoms with Gasteiger partial charge in [0.15, 0.2) is 5.78 Å². The van der Waals surface area contributed by atoms with Crippen molar-refractivity contribution in [2.75, 3.05) is 5.32 Å². The molecule has 0 aliphatic rings. The molecule has 6 nitrogen and oxygen atoms in total. The average molecular weight is 466 g/mol. The van der Waals surface area contributed by atoms with Gasteiger partial charge < -0.3 is 5.32 Å². The number of rotatable bonds is 6. The molecule has 2 heterocycles. The molecule has 0 saturated heterocycles. The Bertz CT molecular complexity index is 1540. The van der Waals surface area contributed by atoms with Gasteiger partial charge >= 0.3 is 0 Å². The number of ketones is 1. The summed E-state index contributed by atoms with van der Waals surface area (Å²) in [6, 6.07) is 25.2. The van der Waals surface area contributed by atoms with E-state index in [4.69, 9.17) is 0 Å². The van der Waals surface area contributed by atoms with Gasteiger partial charge in [0.25, 0.3) is 11.5 Å². The van der Waals surface area contributed by atoms with Crippen molar-refractivity contribution < 1.29 is 9.59 Å². The molecule has 0 fully saturated rings. The molecule has 3 aromatic carbocycles. The third-order valence-electron chi connectivity index (χ3n) is 5.46. The predicted molar refractivity (Wildman–Crippen MR) is 134 cm³/mol. The van der Waals surface area contributed by atoms with Crippen LogP contribution in [0.2, 0.25) is 0 Å². The Morgan fingerprint density at radius 3 is 2.24 bits per heavy atom. The van der Waals surface area contributed by atoms with E-state index in [1.165, 1.54) is 22.2 Å². The van der Waals surface area contributed by atoms with Gasteiger partial charge in [-0.3, -0.25) is 19.0 Å². The molecule has 34 heavy (non-hydrogen) atoms. The monoisotopic (exact) mass is 465 g/mol. The molecule has 0 radical (unpaired) electrons. The fourth-order valence-electron chi connectivity index (χ4n) is 3.69. The number of fused-ring (bicyclic) bond motifs is 1. The van der Waals surface area contributed by atoms with Gasteiger partial charge in [-0.25, -0.2) is 4.98 Å². The van der Waals surface area contributed by atoms with E-state index in [0.29, 0.717) is 27.0 Å². The van der Waals surface area contributed by atoms with Crippen molar-refractivity contribution >= 4 is 38.9 Å². The van der Waals surface area contributed by atoms with Gasteiger partial charge in [0.05, 0.1) is 18.3 Å². The zero-order chi connectivity index (χ0) is 23.5. The molecule has 7 heteroatoms. The zero-order valence-corrected chi connectivity index (χ0v) is 18.8. The van der Waals surface area contributed by atoms with E-state index >= 15 is 0 Å². The van der Waals surface area contributed by atoms with Gasteiger partial charge in [0, 0.05) is 27.8 Å². The van der Waals surface area contributed by atoms with Crippen LogP contribution in [-0.2, 0) is 6.54 Å². The summed E-state index contributed by atoms with van der Waals surface area (Å²) >= 11 is 1.41. The number of Topliss-reactive ketones (excluding diaryl/α,β-unsaturated/α-hetero) is 1. The van der Waals surface area contributed by atoms with Crippen molar-refractivity contribution in [3.63, 3.8) is 0 Å². The molecule has 1 N–H and O–H groups in total. The summed E-state index contributed by atoms with van der Waals surface area (Å²) in [5, 5.41) is 5.25. The van der Waals surface area contributed by atoms with Crippen LogP contribution >= 0.6 is 11.3 Å². The number of benzene rings is 3. The van der Waals surface area contributed by atoms with E-state index in [2.05, 4.69) is 10.3 Å². The Balaban J connectivity index is 1.35. The highest BCUT2D eigenvalue weighted by molar-refractivity contribution is 7.17. The lowest BCUT2D eigenvalue weighted by Gasteiger charge is -2.08. The van der Waals surface area contributed by atoms with Crippen LogP contribution < -0.4 is 10.9 Å². The first kappa shape index (κ1) is 21.5.